The predicted molar refractivity (Wildman–Crippen MR) is 47.8 cm³/mol. The Balaban J connectivity index is 3.54. The van der Waals surface area contributed by atoms with Crippen LogP contribution in [0.4, 0.5) is 5.69 Å². The molecule has 0 unspecified atom stereocenters. The molecule has 12 heavy (non-hydrogen) atoms. The van der Waals surface area contributed by atoms with Crippen molar-refractivity contribution in [2.24, 2.45) is 0 Å². The van der Waals surface area contributed by atoms with Gasteiger partial charge in [-0.15, -0.1) is 0 Å². The van der Waals surface area contributed by atoms with E-state index in [9.17, 15) is 0 Å². The van der Waals surface area contributed by atoms with Crippen LogP contribution in [0.3, 0.4) is 0 Å². The van der Waals surface area contributed by atoms with E-state index in [-0.39, 0.29) is 5.15 Å². The van der Waals surface area contributed by atoms with Gasteiger partial charge < -0.3 is 5.73 Å². The van der Waals surface area contributed by atoms with Gasteiger partial charge in [-0.25, -0.2) is 4.98 Å². The highest BCUT2D eigenvalue weighted by Crippen LogP contribution is 2.23. The normalized spacial score (nSPS) is 9.50. The summed E-state index contributed by atoms with van der Waals surface area (Å²) >= 11 is 5.72. The quantitative estimate of drug-likeness (QED) is 0.621. The fourth-order valence-corrected chi connectivity index (χ4v) is 1.26. The monoisotopic (exact) mass is 181 g/mol. The maximum Gasteiger partial charge on any atom is 0.147 e. The molecule has 0 bridgehead atoms. The van der Waals surface area contributed by atoms with Gasteiger partial charge in [0.05, 0.1) is 16.9 Å². The molecular formula is C8H8ClN3. The van der Waals surface area contributed by atoms with E-state index in [0.717, 1.165) is 0 Å². The molecule has 0 spiro atoms. The smallest absolute Gasteiger partial charge is 0.147 e. The molecule has 0 aliphatic carbocycles. The number of aryl methyl sites for hydroxylation is 1. The topological polar surface area (TPSA) is 62.7 Å². The van der Waals surface area contributed by atoms with E-state index >= 15 is 0 Å². The Bertz CT molecular complexity index is 366. The van der Waals surface area contributed by atoms with E-state index in [4.69, 9.17) is 22.6 Å². The van der Waals surface area contributed by atoms with Gasteiger partial charge in [-0.3, -0.25) is 0 Å². The molecule has 62 valence electrons. The van der Waals surface area contributed by atoms with Crippen LogP contribution in [0.25, 0.3) is 0 Å². The zero-order valence-electron chi connectivity index (χ0n) is 6.85. The van der Waals surface area contributed by atoms with Gasteiger partial charge in [0.1, 0.15) is 11.2 Å². The molecule has 0 atom stereocenters. The zero-order valence-corrected chi connectivity index (χ0v) is 7.61. The number of pyridine rings is 1. The summed E-state index contributed by atoms with van der Waals surface area (Å²) < 4.78 is 0. The molecule has 0 fully saturated rings. The summed E-state index contributed by atoms with van der Waals surface area (Å²) in [4.78, 5) is 3.92. The number of nitrogens with two attached hydrogens (primary N) is 1. The number of aromatic nitrogens is 1. The van der Waals surface area contributed by atoms with E-state index in [1.54, 1.807) is 13.8 Å². The number of rotatable bonds is 0. The van der Waals surface area contributed by atoms with Gasteiger partial charge in [-0.05, 0) is 19.4 Å². The minimum absolute atomic E-state index is 0.224. The molecule has 0 aliphatic heterocycles. The van der Waals surface area contributed by atoms with Gasteiger partial charge in [0, 0.05) is 0 Å². The highest BCUT2D eigenvalue weighted by Gasteiger charge is 2.10. The maximum absolute atomic E-state index is 8.68. The summed E-state index contributed by atoms with van der Waals surface area (Å²) in [5, 5.41) is 8.91. The molecule has 4 heteroatoms. The maximum atomic E-state index is 8.68. The first kappa shape index (κ1) is 8.82. The van der Waals surface area contributed by atoms with Crippen LogP contribution in [0, 0.1) is 25.2 Å². The molecule has 1 heterocycles. The van der Waals surface area contributed by atoms with Crippen LogP contribution < -0.4 is 5.73 Å². The number of nitrogen functional groups attached to an aromatic ring is 1. The van der Waals surface area contributed by atoms with E-state index in [1.807, 2.05) is 6.07 Å². The van der Waals surface area contributed by atoms with Gasteiger partial charge in [0.15, 0.2) is 0 Å². The van der Waals surface area contributed by atoms with Crippen LogP contribution in [0.2, 0.25) is 5.15 Å². The molecule has 3 nitrogen and oxygen atoms in total. The van der Waals surface area contributed by atoms with Crippen molar-refractivity contribution in [3.05, 3.63) is 22.0 Å². The van der Waals surface area contributed by atoms with Crippen molar-refractivity contribution in [2.75, 3.05) is 5.73 Å². The molecular weight excluding hydrogens is 174 g/mol. The number of hydrogen-bond donors (Lipinski definition) is 1. The first-order valence-corrected chi connectivity index (χ1v) is 3.78. The van der Waals surface area contributed by atoms with Crippen molar-refractivity contribution in [3.8, 4) is 6.07 Å². The van der Waals surface area contributed by atoms with E-state index in [0.29, 0.717) is 22.5 Å². The Labute approximate surface area is 75.8 Å². The first-order chi connectivity index (χ1) is 5.57. The molecule has 0 radical (unpaired) electrons. The van der Waals surface area contributed by atoms with Crippen molar-refractivity contribution < 1.29 is 0 Å². The van der Waals surface area contributed by atoms with Crippen LogP contribution in [0.15, 0.2) is 0 Å². The molecule has 1 aromatic rings. The molecule has 0 aromatic carbocycles. The van der Waals surface area contributed by atoms with Crippen LogP contribution in [0.5, 0.6) is 0 Å². The average molecular weight is 182 g/mol. The minimum atomic E-state index is 0.224. The van der Waals surface area contributed by atoms with E-state index in [1.165, 1.54) is 0 Å². The van der Waals surface area contributed by atoms with Gasteiger partial charge >= 0.3 is 0 Å². The van der Waals surface area contributed by atoms with Crippen molar-refractivity contribution in [2.45, 2.75) is 13.8 Å². The SMILES string of the molecule is Cc1nc(Cl)c(C#N)c(C)c1N. The third kappa shape index (κ3) is 1.21. The lowest BCUT2D eigenvalue weighted by molar-refractivity contribution is 1.17. The lowest BCUT2D eigenvalue weighted by Gasteiger charge is -2.06. The van der Waals surface area contributed by atoms with Crippen LogP contribution >= 0.6 is 11.6 Å². The summed E-state index contributed by atoms with van der Waals surface area (Å²) in [6, 6.07) is 1.96. The third-order valence-electron chi connectivity index (χ3n) is 1.75. The van der Waals surface area contributed by atoms with Crippen LogP contribution in [-0.2, 0) is 0 Å². The largest absolute Gasteiger partial charge is 0.397 e. The van der Waals surface area contributed by atoms with E-state index in [2.05, 4.69) is 4.98 Å². The second kappa shape index (κ2) is 3.00. The Morgan fingerprint density at radius 1 is 1.50 bits per heavy atom. The van der Waals surface area contributed by atoms with Crippen molar-refractivity contribution in [1.82, 2.24) is 4.98 Å². The number of hydrogen-bond acceptors (Lipinski definition) is 3. The van der Waals surface area contributed by atoms with Gasteiger partial charge in [0.2, 0.25) is 0 Å². The number of nitrogens with zero attached hydrogens (tertiary/aromatic N) is 2. The van der Waals surface area contributed by atoms with Gasteiger partial charge in [-0.2, -0.15) is 5.26 Å². The van der Waals surface area contributed by atoms with Gasteiger partial charge in [0.25, 0.3) is 0 Å². The molecule has 0 saturated heterocycles. The molecule has 0 amide bonds. The fraction of sp³-hybridized carbons (Fsp3) is 0.250. The fourth-order valence-electron chi connectivity index (χ4n) is 0.954. The summed E-state index contributed by atoms with van der Waals surface area (Å²) in [5.41, 5.74) is 7.92. The number of nitriles is 1. The lowest BCUT2D eigenvalue weighted by Crippen LogP contribution is -2.00. The van der Waals surface area contributed by atoms with Crippen molar-refractivity contribution in [1.29, 1.82) is 5.26 Å². The predicted octanol–water partition coefficient (Wildman–Crippen LogP) is 1.81. The second-order valence-electron chi connectivity index (χ2n) is 2.51. The Kier molecular flexibility index (Phi) is 2.20. The lowest BCUT2D eigenvalue weighted by atomic mass is 10.1. The van der Waals surface area contributed by atoms with Gasteiger partial charge in [-0.1, -0.05) is 11.6 Å². The summed E-state index contributed by atoms with van der Waals surface area (Å²) in [6.07, 6.45) is 0. The summed E-state index contributed by atoms with van der Waals surface area (Å²) in [6.45, 7) is 3.52. The standard InChI is InChI=1S/C8H8ClN3/c1-4-6(3-10)8(9)12-5(2)7(4)11/h11H2,1-2H3. The van der Waals surface area contributed by atoms with E-state index < -0.39 is 0 Å². The number of halogens is 1. The Morgan fingerprint density at radius 3 is 2.58 bits per heavy atom. The van der Waals surface area contributed by atoms with Crippen LogP contribution in [-0.4, -0.2) is 4.98 Å². The molecule has 2 N–H and O–H groups in total. The second-order valence-corrected chi connectivity index (χ2v) is 2.87. The molecule has 1 aromatic heterocycles. The van der Waals surface area contributed by atoms with Crippen molar-refractivity contribution >= 4 is 17.3 Å². The Hall–Kier alpha value is -1.27. The third-order valence-corrected chi connectivity index (χ3v) is 2.03. The molecule has 0 aliphatic rings. The van der Waals surface area contributed by atoms with Crippen molar-refractivity contribution in [3.63, 3.8) is 0 Å². The highest BCUT2D eigenvalue weighted by molar-refractivity contribution is 6.30. The number of anilines is 1. The van der Waals surface area contributed by atoms with Crippen LogP contribution in [0.1, 0.15) is 16.8 Å². The summed E-state index contributed by atoms with van der Waals surface area (Å²) in [5.74, 6) is 0. The average Bonchev–Trinajstić information content (AvgIpc) is 2.01. The molecule has 1 rings (SSSR count). The zero-order chi connectivity index (χ0) is 9.30. The highest BCUT2D eigenvalue weighted by atomic mass is 35.5. The molecule has 0 saturated carbocycles. The first-order valence-electron chi connectivity index (χ1n) is 3.40. The summed E-state index contributed by atoms with van der Waals surface area (Å²) in [7, 11) is 0. The Morgan fingerprint density at radius 2 is 2.08 bits per heavy atom. The minimum Gasteiger partial charge on any atom is -0.397 e.